The van der Waals surface area contributed by atoms with E-state index < -0.39 is 0 Å². The molecular weight excluding hydrogens is 1750 g/mol. The number of fused-ring (bicyclic) bond motifs is 38. The van der Waals surface area contributed by atoms with Gasteiger partial charge in [0, 0.05) is 208 Å². The van der Waals surface area contributed by atoms with E-state index in [-0.39, 0.29) is 0 Å². The van der Waals surface area contributed by atoms with Gasteiger partial charge in [-0.3, -0.25) is 0 Å². The fourth-order valence-electron chi connectivity index (χ4n) is 22.8. The van der Waals surface area contributed by atoms with Crippen LogP contribution in [0.4, 0.5) is 0 Å². The van der Waals surface area contributed by atoms with E-state index in [9.17, 15) is 0 Å². The fourth-order valence-corrected chi connectivity index (χ4v) is 26.3. The molecule has 0 aliphatic heterocycles. The zero-order valence-corrected chi connectivity index (χ0v) is 75.8. The third-order valence-electron chi connectivity index (χ3n) is 28.8. The summed E-state index contributed by atoms with van der Waals surface area (Å²) in [5.41, 5.74) is 27.3. The number of hydrogen-bond acceptors (Lipinski definition) is 9. The molecular formula is C126H69N3O6S3. The molecule has 33 aromatic rings. The molecule has 0 saturated heterocycles. The van der Waals surface area contributed by atoms with Gasteiger partial charge in [-0.25, -0.2) is 0 Å². The second kappa shape index (κ2) is 29.0. The summed E-state index contributed by atoms with van der Waals surface area (Å²) in [5, 5.41) is 28.9. The van der Waals surface area contributed by atoms with E-state index in [1.807, 2.05) is 70.4 Å². The topological polar surface area (TPSA) is 93.6 Å². The third kappa shape index (κ3) is 10.9. The van der Waals surface area contributed by atoms with Crippen LogP contribution in [-0.4, -0.2) is 13.7 Å². The summed E-state index contributed by atoms with van der Waals surface area (Å²) in [4.78, 5) is 0. The fraction of sp³-hybridized carbons (Fsp3) is 0. The molecule has 0 atom stereocenters. The lowest BCUT2D eigenvalue weighted by atomic mass is 10.00. The number of furan rings is 6. The number of thiophene rings is 3. The molecule has 12 heterocycles. The summed E-state index contributed by atoms with van der Waals surface area (Å²) in [6.45, 7) is 0. The molecule has 642 valence electrons. The molecule has 0 unspecified atom stereocenters. The molecule has 0 radical (unpaired) electrons. The Bertz CT molecular complexity index is 10900. The first kappa shape index (κ1) is 76.0. The molecule has 21 aromatic carbocycles. The number of aromatic nitrogens is 3. The average Bonchev–Trinajstić information content (AvgIpc) is 1.56. The van der Waals surface area contributed by atoms with Crippen LogP contribution >= 0.6 is 34.0 Å². The molecule has 12 aromatic heterocycles. The van der Waals surface area contributed by atoms with Crippen molar-refractivity contribution in [2.45, 2.75) is 0 Å². The van der Waals surface area contributed by atoms with Crippen LogP contribution in [-0.2, 0) is 0 Å². The monoisotopic (exact) mass is 1820 g/mol. The van der Waals surface area contributed by atoms with Crippen molar-refractivity contribution in [3.05, 3.63) is 419 Å². The molecule has 0 fully saturated rings. The minimum atomic E-state index is 0.870. The number of rotatable bonds is 6. The van der Waals surface area contributed by atoms with E-state index in [1.165, 1.54) is 126 Å². The van der Waals surface area contributed by atoms with Crippen LogP contribution in [0, 0.1) is 0 Å². The first-order valence-electron chi connectivity index (χ1n) is 46.5. The van der Waals surface area contributed by atoms with Gasteiger partial charge in [-0.1, -0.05) is 279 Å². The molecule has 0 bridgehead atoms. The molecule has 12 heteroatoms. The maximum absolute atomic E-state index is 6.65. The second-order valence-electron chi connectivity index (χ2n) is 36.1. The summed E-state index contributed by atoms with van der Waals surface area (Å²) in [6, 6.07) is 149. The lowest BCUT2D eigenvalue weighted by Gasteiger charge is -2.08. The van der Waals surface area contributed by atoms with Gasteiger partial charge in [-0.15, -0.1) is 34.0 Å². The van der Waals surface area contributed by atoms with Crippen molar-refractivity contribution >= 4 is 292 Å². The maximum atomic E-state index is 6.65. The first-order chi connectivity index (χ1) is 68.4. The lowest BCUT2D eigenvalue weighted by Crippen LogP contribution is -1.93. The van der Waals surface area contributed by atoms with Crippen molar-refractivity contribution in [3.8, 4) is 50.4 Å². The normalized spacial score (nSPS) is 12.3. The van der Waals surface area contributed by atoms with Gasteiger partial charge in [0.25, 0.3) is 0 Å². The van der Waals surface area contributed by atoms with Crippen molar-refractivity contribution in [2.75, 3.05) is 0 Å². The molecule has 0 saturated carbocycles. The molecule has 0 aliphatic carbocycles. The van der Waals surface area contributed by atoms with E-state index in [0.717, 1.165) is 182 Å². The molecule has 0 aliphatic rings. The van der Waals surface area contributed by atoms with Gasteiger partial charge in [0.05, 0.1) is 33.1 Å². The summed E-state index contributed by atoms with van der Waals surface area (Å²) < 4.78 is 54.4. The van der Waals surface area contributed by atoms with Crippen molar-refractivity contribution < 1.29 is 26.5 Å². The van der Waals surface area contributed by atoms with Gasteiger partial charge in [0.15, 0.2) is 0 Å². The highest BCUT2D eigenvalue weighted by Gasteiger charge is 2.28. The Morgan fingerprint density at radius 3 is 0.906 bits per heavy atom. The molecule has 0 N–H and O–H groups in total. The molecule has 0 spiro atoms. The van der Waals surface area contributed by atoms with E-state index in [1.54, 1.807) is 0 Å². The van der Waals surface area contributed by atoms with Crippen molar-refractivity contribution in [1.29, 1.82) is 0 Å². The summed E-state index contributed by atoms with van der Waals surface area (Å²) >= 11 is 5.62. The van der Waals surface area contributed by atoms with Crippen LogP contribution in [0.25, 0.3) is 308 Å². The Kier molecular flexibility index (Phi) is 16.0. The van der Waals surface area contributed by atoms with Gasteiger partial charge < -0.3 is 40.2 Å². The smallest absolute Gasteiger partial charge is 0.143 e. The van der Waals surface area contributed by atoms with Crippen molar-refractivity contribution in [3.63, 3.8) is 0 Å². The Morgan fingerprint density at radius 2 is 0.457 bits per heavy atom. The minimum Gasteiger partial charge on any atom is -0.455 e. The van der Waals surface area contributed by atoms with Gasteiger partial charge >= 0.3 is 0 Å². The number of benzene rings is 21. The molecule has 0 amide bonds. The SMILES string of the molecule is c1ccc2c(c1)oc1c(-c3cccc4c3oc3ccc(-n5c6ccccc6c6c7c(ccc65)sc5ccccc57)cc34)cccc12.c1ccc2c(c1)oc1c(-c3cccc4c3oc3ccc(-n5c6ccccc6c6c7sc8ccccc8c7ccc65)cc34)cccc12.c1ccc2c(c1)oc1c(-c3cccc4c3oc3ccc(-n5c6ccccc6c6cc7sc8ccccc8c7cc65)cc34)cccc12. The van der Waals surface area contributed by atoms with Gasteiger partial charge in [-0.05, 0) is 140 Å². The van der Waals surface area contributed by atoms with E-state index >= 15 is 0 Å². The predicted octanol–water partition coefficient (Wildman–Crippen LogP) is 37.9. The quantitative estimate of drug-likeness (QED) is 0.165. The third-order valence-corrected chi connectivity index (χ3v) is 32.3. The zero-order chi connectivity index (χ0) is 89.8. The van der Waals surface area contributed by atoms with Crippen LogP contribution in [0.2, 0.25) is 0 Å². The van der Waals surface area contributed by atoms with Gasteiger partial charge in [0.1, 0.15) is 67.0 Å². The molecule has 33 rings (SSSR count). The summed E-state index contributed by atoms with van der Waals surface area (Å²) in [7, 11) is 0. The maximum Gasteiger partial charge on any atom is 0.143 e. The van der Waals surface area contributed by atoms with Crippen LogP contribution in [0.1, 0.15) is 0 Å². The first-order valence-corrected chi connectivity index (χ1v) is 49.0. The Hall–Kier alpha value is -17.5. The summed E-state index contributed by atoms with van der Waals surface area (Å²) in [5.74, 6) is 0. The lowest BCUT2D eigenvalue weighted by molar-refractivity contribution is 0.665. The zero-order valence-electron chi connectivity index (χ0n) is 73.4. The van der Waals surface area contributed by atoms with Crippen LogP contribution in [0.15, 0.2) is 445 Å². The number of nitrogens with zero attached hydrogens (tertiary/aromatic N) is 3. The molecule has 138 heavy (non-hydrogen) atoms. The second-order valence-corrected chi connectivity index (χ2v) is 39.3. The highest BCUT2D eigenvalue weighted by Crippen LogP contribution is 2.52. The van der Waals surface area contributed by atoms with Gasteiger partial charge in [0.2, 0.25) is 0 Å². The van der Waals surface area contributed by atoms with Crippen molar-refractivity contribution in [2.24, 2.45) is 0 Å². The highest BCUT2D eigenvalue weighted by atomic mass is 32.1. The van der Waals surface area contributed by atoms with Crippen LogP contribution in [0.5, 0.6) is 0 Å². The Balaban J connectivity index is 0.0000000959. The number of hydrogen-bond donors (Lipinski definition) is 0. The average molecular weight is 1820 g/mol. The van der Waals surface area contributed by atoms with Gasteiger partial charge in [-0.2, -0.15) is 0 Å². The van der Waals surface area contributed by atoms with E-state index in [2.05, 4.69) is 396 Å². The Morgan fingerprint density at radius 1 is 0.145 bits per heavy atom. The summed E-state index contributed by atoms with van der Waals surface area (Å²) in [6.07, 6.45) is 0. The largest absolute Gasteiger partial charge is 0.455 e. The number of para-hydroxylation sites is 12. The van der Waals surface area contributed by atoms with Crippen LogP contribution < -0.4 is 0 Å². The van der Waals surface area contributed by atoms with Crippen LogP contribution in [0.3, 0.4) is 0 Å². The predicted molar refractivity (Wildman–Crippen MR) is 581 cm³/mol. The standard InChI is InChI=1S/3C42H23NO2S/c1-4-16-34-32(11-1)39-35(21-20-31-26-10-3-6-18-38(26)46-42(31)39)43(34)24-19-22-37-33(23-24)30-15-8-14-29(41(30)45-37)28-13-7-12-27-25-9-2-5-17-36(25)44-40(27)28;1-4-16-33-30(10-1)39-34(20-22-38-40(39)31-11-3-6-18-37(31)46-38)43(33)24-19-21-36-32(23-24)29-15-8-14-28(42(29)45-36)27-13-7-12-26-25-9-2-5-17-35(25)44-41(26)27;1-4-16-35-25(9-1)32-23-40-34(27-11-3-6-18-39(27)46-40)22-36(32)43(35)24-19-20-38-33(21-24)31-15-8-14-30(42(31)45-38)29-13-7-12-28-26-10-2-5-17-37(26)44-41(28)29/h3*1-23H. The Labute approximate surface area is 794 Å². The molecule has 9 nitrogen and oxygen atoms in total. The van der Waals surface area contributed by atoms with E-state index in [0.29, 0.717) is 0 Å². The minimum absolute atomic E-state index is 0.870. The van der Waals surface area contributed by atoms with E-state index in [4.69, 9.17) is 26.5 Å². The van der Waals surface area contributed by atoms with Crippen molar-refractivity contribution in [1.82, 2.24) is 13.7 Å². The highest BCUT2D eigenvalue weighted by molar-refractivity contribution is 7.27.